The third kappa shape index (κ3) is 6.52. The molecule has 0 saturated heterocycles. The number of methoxy groups -OCH3 is 5. The highest BCUT2D eigenvalue weighted by atomic mass is 32.2. The highest BCUT2D eigenvalue weighted by Gasteiger charge is 2.22. The average Bonchev–Trinajstić information content (AvgIpc) is 2.93. The van der Waals surface area contributed by atoms with E-state index in [0.717, 1.165) is 5.56 Å². The minimum absolute atomic E-state index is 0.0197. The molecule has 1 unspecified atom stereocenters. The molecule has 0 heterocycles. The van der Waals surface area contributed by atoms with E-state index in [1.807, 2.05) is 4.89 Å². The Labute approximate surface area is 216 Å². The van der Waals surface area contributed by atoms with E-state index in [1.165, 1.54) is 47.7 Å². The summed E-state index contributed by atoms with van der Waals surface area (Å²) in [5.74, 6) is 1.93. The van der Waals surface area contributed by atoms with E-state index < -0.39 is 16.3 Å². The van der Waals surface area contributed by atoms with Gasteiger partial charge in [-0.25, -0.2) is 8.42 Å². The van der Waals surface area contributed by atoms with Gasteiger partial charge in [0.05, 0.1) is 46.0 Å². The molecule has 2 N–H and O–H groups in total. The van der Waals surface area contributed by atoms with Crippen molar-refractivity contribution in [2.24, 2.45) is 0 Å². The molecule has 10 nitrogen and oxygen atoms in total. The number of nitrogens with one attached hydrogen (secondary N) is 1. The van der Waals surface area contributed by atoms with Crippen molar-refractivity contribution in [1.29, 1.82) is 0 Å². The summed E-state index contributed by atoms with van der Waals surface area (Å²) in [5, 5.41) is 10.7. The first-order valence-electron chi connectivity index (χ1n) is 10.9. The van der Waals surface area contributed by atoms with E-state index in [9.17, 15) is 13.5 Å². The van der Waals surface area contributed by atoms with E-state index in [1.54, 1.807) is 54.6 Å². The molecule has 11 heteroatoms. The summed E-state index contributed by atoms with van der Waals surface area (Å²) in [4.78, 5) is 7.03. The van der Waals surface area contributed by atoms with Gasteiger partial charge in [0.2, 0.25) is 12.0 Å². The van der Waals surface area contributed by atoms with Crippen LogP contribution in [0.3, 0.4) is 0 Å². The van der Waals surface area contributed by atoms with Crippen molar-refractivity contribution in [1.82, 2.24) is 4.89 Å². The maximum atomic E-state index is 12.5. The van der Waals surface area contributed by atoms with Crippen LogP contribution in [0.25, 0.3) is 12.2 Å². The van der Waals surface area contributed by atoms with Gasteiger partial charge < -0.3 is 28.8 Å². The maximum Gasteiger partial charge on any atom is 0.262 e. The van der Waals surface area contributed by atoms with Crippen LogP contribution in [0.15, 0.2) is 59.5 Å². The third-order valence-electron chi connectivity index (χ3n) is 5.27. The van der Waals surface area contributed by atoms with Crippen LogP contribution in [0.4, 0.5) is 0 Å². The molecule has 0 aromatic heterocycles. The molecule has 198 valence electrons. The molecule has 3 aromatic rings. The largest absolute Gasteiger partial charge is 0.493 e. The van der Waals surface area contributed by atoms with Crippen LogP contribution in [0.2, 0.25) is 0 Å². The average molecular weight is 532 g/mol. The Kier molecular flexibility index (Phi) is 9.36. The fourth-order valence-corrected chi connectivity index (χ4v) is 4.34. The first-order chi connectivity index (χ1) is 17.8. The molecule has 37 heavy (non-hydrogen) atoms. The topological polar surface area (TPSA) is 122 Å². The molecule has 3 aromatic carbocycles. The van der Waals surface area contributed by atoms with E-state index >= 15 is 0 Å². The lowest BCUT2D eigenvalue weighted by molar-refractivity contribution is -0.127. The minimum Gasteiger partial charge on any atom is -0.493 e. The Bertz CT molecular complexity index is 1320. The lowest BCUT2D eigenvalue weighted by Gasteiger charge is -2.18. The summed E-state index contributed by atoms with van der Waals surface area (Å²) in [6.45, 7) is 0. The van der Waals surface area contributed by atoms with Crippen molar-refractivity contribution in [2.75, 3.05) is 35.5 Å². The molecule has 0 spiro atoms. The first kappa shape index (κ1) is 27.8. The van der Waals surface area contributed by atoms with E-state index in [0.29, 0.717) is 28.6 Å². The summed E-state index contributed by atoms with van der Waals surface area (Å²) < 4.78 is 51.9. The molecule has 0 aliphatic rings. The number of rotatable bonds is 12. The van der Waals surface area contributed by atoms with Crippen LogP contribution in [-0.2, 0) is 14.9 Å². The summed E-state index contributed by atoms with van der Waals surface area (Å²) in [6, 6.07) is 14.4. The Morgan fingerprint density at radius 1 is 0.730 bits per heavy atom. The zero-order chi connectivity index (χ0) is 27.0. The standard InChI is InChI=1S/C26H29NO9S/c1-31-21-14-17(11-12-18-15-22(32-2)25(35-5)23(16-18)33-3)13-20(24(21)34-4)26(28)36-27-37(29,30)19-9-7-6-8-10-19/h6-16,26-28H,1-5H3/b12-11+. The summed E-state index contributed by atoms with van der Waals surface area (Å²) >= 11 is 0. The summed E-state index contributed by atoms with van der Waals surface area (Å²) in [5.41, 5.74) is 1.50. The smallest absolute Gasteiger partial charge is 0.262 e. The molecule has 0 bridgehead atoms. The van der Waals surface area contributed by atoms with E-state index in [4.69, 9.17) is 28.5 Å². The molecule has 0 amide bonds. The molecular weight excluding hydrogens is 502 g/mol. The number of aliphatic hydroxyl groups is 1. The molecule has 0 aliphatic carbocycles. The molecular formula is C26H29NO9S. The zero-order valence-corrected chi connectivity index (χ0v) is 21.9. The normalized spacial score (nSPS) is 12.3. The molecule has 0 aliphatic heterocycles. The third-order valence-corrected chi connectivity index (χ3v) is 6.48. The predicted octanol–water partition coefficient (Wildman–Crippen LogP) is 3.80. The van der Waals surface area contributed by atoms with Crippen molar-refractivity contribution >= 4 is 22.2 Å². The zero-order valence-electron chi connectivity index (χ0n) is 21.0. The van der Waals surface area contributed by atoms with Gasteiger partial charge in [-0.1, -0.05) is 35.2 Å². The van der Waals surface area contributed by atoms with Crippen molar-refractivity contribution in [3.63, 3.8) is 0 Å². The van der Waals surface area contributed by atoms with Gasteiger partial charge in [0.1, 0.15) is 0 Å². The van der Waals surface area contributed by atoms with Gasteiger partial charge in [-0.05, 0) is 47.5 Å². The molecule has 3 rings (SSSR count). The van der Waals surface area contributed by atoms with E-state index in [-0.39, 0.29) is 16.2 Å². The second-order valence-corrected chi connectivity index (χ2v) is 9.15. The number of benzene rings is 3. The minimum atomic E-state index is -4.03. The van der Waals surface area contributed by atoms with Crippen molar-refractivity contribution < 1.29 is 42.0 Å². The quantitative estimate of drug-likeness (QED) is 0.204. The Hall–Kier alpha value is -3.77. The van der Waals surface area contributed by atoms with Gasteiger partial charge in [-0.15, -0.1) is 0 Å². The van der Waals surface area contributed by atoms with Gasteiger partial charge in [-0.3, -0.25) is 4.84 Å². The number of hydrogen-bond acceptors (Lipinski definition) is 9. The highest BCUT2D eigenvalue weighted by Crippen LogP contribution is 2.40. The fourth-order valence-electron chi connectivity index (χ4n) is 3.51. The summed E-state index contributed by atoms with van der Waals surface area (Å²) in [7, 11) is 3.39. The van der Waals surface area contributed by atoms with Gasteiger partial charge in [0, 0.05) is 0 Å². The van der Waals surface area contributed by atoms with Crippen molar-refractivity contribution in [2.45, 2.75) is 11.2 Å². The van der Waals surface area contributed by atoms with Crippen LogP contribution >= 0.6 is 0 Å². The molecule has 0 saturated carbocycles. The number of aliphatic hydroxyl groups excluding tert-OH is 1. The summed E-state index contributed by atoms with van der Waals surface area (Å²) in [6.07, 6.45) is 1.84. The Morgan fingerprint density at radius 2 is 1.22 bits per heavy atom. The van der Waals surface area contributed by atoms with Crippen LogP contribution in [0.5, 0.6) is 28.7 Å². The molecule has 0 fully saturated rings. The lowest BCUT2D eigenvalue weighted by Crippen LogP contribution is -2.26. The van der Waals surface area contributed by atoms with Crippen LogP contribution in [-0.4, -0.2) is 49.1 Å². The van der Waals surface area contributed by atoms with Gasteiger partial charge in [0.25, 0.3) is 10.0 Å². The Morgan fingerprint density at radius 3 is 1.70 bits per heavy atom. The molecule has 0 radical (unpaired) electrons. The first-order valence-corrected chi connectivity index (χ1v) is 12.4. The van der Waals surface area contributed by atoms with Gasteiger partial charge >= 0.3 is 0 Å². The number of sulfonamides is 1. The predicted molar refractivity (Wildman–Crippen MR) is 137 cm³/mol. The maximum absolute atomic E-state index is 12.5. The van der Waals surface area contributed by atoms with Gasteiger partial charge in [-0.2, -0.15) is 0 Å². The van der Waals surface area contributed by atoms with Crippen LogP contribution in [0.1, 0.15) is 23.0 Å². The van der Waals surface area contributed by atoms with Crippen LogP contribution < -0.4 is 28.6 Å². The van der Waals surface area contributed by atoms with Gasteiger partial charge in [0.15, 0.2) is 23.0 Å². The fraction of sp³-hybridized carbons (Fsp3) is 0.231. The Balaban J connectivity index is 1.92. The SMILES string of the molecule is COc1cc(/C=C/c2cc(OC)c(OC)c(C(O)ONS(=O)(=O)c3ccccc3)c2)cc(OC)c1OC. The van der Waals surface area contributed by atoms with E-state index in [2.05, 4.69) is 0 Å². The monoisotopic (exact) mass is 531 g/mol. The second kappa shape index (κ2) is 12.5. The lowest BCUT2D eigenvalue weighted by atomic mass is 10.1. The highest BCUT2D eigenvalue weighted by molar-refractivity contribution is 7.89. The van der Waals surface area contributed by atoms with Crippen molar-refractivity contribution in [3.05, 3.63) is 71.3 Å². The second-order valence-electron chi connectivity index (χ2n) is 7.51. The number of hydrogen-bond donors (Lipinski definition) is 2. The number of ether oxygens (including phenoxy) is 5. The molecule has 1 atom stereocenters. The van der Waals surface area contributed by atoms with Crippen molar-refractivity contribution in [3.8, 4) is 28.7 Å². The van der Waals surface area contributed by atoms with Crippen LogP contribution in [0, 0.1) is 0 Å².